The van der Waals surface area contributed by atoms with E-state index in [1.807, 2.05) is 18.2 Å². The highest BCUT2D eigenvalue weighted by Crippen LogP contribution is 2.44. The van der Waals surface area contributed by atoms with Gasteiger partial charge >= 0.3 is 5.97 Å². The maximum atomic E-state index is 11.9. The van der Waals surface area contributed by atoms with Crippen LogP contribution in [-0.2, 0) is 24.4 Å². The summed E-state index contributed by atoms with van der Waals surface area (Å²) in [6.07, 6.45) is 3.60. The van der Waals surface area contributed by atoms with Gasteiger partial charge in [0.1, 0.15) is 35.5 Å². The van der Waals surface area contributed by atoms with Crippen LogP contribution in [0.3, 0.4) is 0 Å². The van der Waals surface area contributed by atoms with Gasteiger partial charge in [-0.25, -0.2) is 0 Å². The average Bonchev–Trinajstić information content (AvgIpc) is 3.62. The number of likely N-dealkylation sites (tertiary alicyclic amines) is 1. The van der Waals surface area contributed by atoms with Crippen LogP contribution in [0.5, 0.6) is 17.2 Å². The highest BCUT2D eigenvalue weighted by molar-refractivity contribution is 6.32. The van der Waals surface area contributed by atoms with E-state index >= 15 is 0 Å². The van der Waals surface area contributed by atoms with Crippen LogP contribution in [0, 0.1) is 29.6 Å². The van der Waals surface area contributed by atoms with E-state index in [0.29, 0.717) is 45.4 Å². The SMILES string of the molecule is Cc1c(OCCCN2CCC(O)CC2)cccc1-c1cccc2c1CC[C@@H]2Oc1cc(OCc2cc(C#N)cc(C#N)c2)c(CN[C@@](C)(CO)C(=O)O)cc1Cl. The van der Waals surface area contributed by atoms with Gasteiger partial charge in [0.2, 0.25) is 0 Å². The van der Waals surface area contributed by atoms with E-state index in [4.69, 9.17) is 25.8 Å². The minimum absolute atomic E-state index is 0.00157. The number of carboxylic acids is 1. The Bertz CT molecular complexity index is 2110. The van der Waals surface area contributed by atoms with Gasteiger partial charge in [-0.1, -0.05) is 41.9 Å². The summed E-state index contributed by atoms with van der Waals surface area (Å²) in [5.74, 6) is 0.385. The molecular weight excluding hydrogens is 732 g/mol. The van der Waals surface area contributed by atoms with Crippen LogP contribution in [0.25, 0.3) is 11.1 Å². The molecule has 11 nitrogen and oxygen atoms in total. The standard InChI is InChI=1S/C44H47ClN4O7/c1-28-34(6-4-9-39(28)54-17-5-14-49-15-12-33(51)13-16-49)35-7-3-8-37-36(35)10-11-40(37)56-42-22-41(55-26-31-19-29(23-46)18-30(20-31)24-47)32(21-38(42)45)25-48-44(2,27-50)43(52)53/h3-4,6-9,18-22,33,40,48,50-51H,5,10-17,25-27H2,1-2H3,(H,52,53)/t40-,44-/m0/s1. The number of halogens is 1. The van der Waals surface area contributed by atoms with Crippen LogP contribution in [-0.4, -0.2) is 70.7 Å². The summed E-state index contributed by atoms with van der Waals surface area (Å²) in [5.41, 5.74) is 5.71. The molecule has 1 fully saturated rings. The van der Waals surface area contributed by atoms with E-state index in [9.17, 15) is 30.6 Å². The number of piperidine rings is 1. The molecule has 4 N–H and O–H groups in total. The number of fused-ring (bicyclic) bond motifs is 1. The van der Waals surface area contributed by atoms with Crippen molar-refractivity contribution in [3.05, 3.63) is 111 Å². The predicted molar refractivity (Wildman–Crippen MR) is 212 cm³/mol. The lowest BCUT2D eigenvalue weighted by Gasteiger charge is -2.29. The van der Waals surface area contributed by atoms with Crippen LogP contribution < -0.4 is 19.5 Å². The third-order valence-corrected chi connectivity index (χ3v) is 11.0. The van der Waals surface area contributed by atoms with Crippen LogP contribution in [0.2, 0.25) is 5.02 Å². The van der Waals surface area contributed by atoms with Gasteiger partial charge in [-0.3, -0.25) is 10.1 Å². The van der Waals surface area contributed by atoms with E-state index in [-0.39, 0.29) is 25.4 Å². The molecule has 2 atom stereocenters. The molecule has 1 heterocycles. The molecule has 1 aliphatic heterocycles. The Labute approximate surface area is 332 Å². The van der Waals surface area contributed by atoms with Gasteiger partial charge in [-0.2, -0.15) is 10.5 Å². The van der Waals surface area contributed by atoms with E-state index in [2.05, 4.69) is 47.5 Å². The highest BCUT2D eigenvalue weighted by atomic mass is 35.5. The minimum Gasteiger partial charge on any atom is -0.493 e. The summed E-state index contributed by atoms with van der Waals surface area (Å²) < 4.78 is 19.2. The second-order valence-corrected chi connectivity index (χ2v) is 15.1. The zero-order valence-corrected chi connectivity index (χ0v) is 32.4. The first-order chi connectivity index (χ1) is 27.0. The van der Waals surface area contributed by atoms with Crippen molar-refractivity contribution in [2.24, 2.45) is 0 Å². The van der Waals surface area contributed by atoms with E-state index < -0.39 is 18.1 Å². The number of aliphatic hydroxyl groups excluding tert-OH is 2. The Morgan fingerprint density at radius 1 is 0.964 bits per heavy atom. The molecule has 0 spiro atoms. The summed E-state index contributed by atoms with van der Waals surface area (Å²) in [6, 6.07) is 24.6. The topological polar surface area (TPSA) is 168 Å². The normalized spacial score (nSPS) is 16.7. The van der Waals surface area contributed by atoms with Gasteiger partial charge in [-0.05, 0) is 110 Å². The van der Waals surface area contributed by atoms with E-state index in [1.165, 1.54) is 18.6 Å². The Kier molecular flexibility index (Phi) is 13.2. The number of carbonyl (C=O) groups is 1. The molecule has 0 amide bonds. The molecule has 2 aliphatic rings. The lowest BCUT2D eigenvalue weighted by atomic mass is 9.93. The zero-order chi connectivity index (χ0) is 39.8. The quantitative estimate of drug-likeness (QED) is 0.0878. The Morgan fingerprint density at radius 2 is 1.68 bits per heavy atom. The number of hydrogen-bond acceptors (Lipinski definition) is 10. The maximum absolute atomic E-state index is 11.9. The van der Waals surface area contributed by atoms with Gasteiger partial charge in [0.05, 0.1) is 47.6 Å². The van der Waals surface area contributed by atoms with Gasteiger partial charge in [0.25, 0.3) is 0 Å². The molecule has 0 radical (unpaired) electrons. The molecule has 56 heavy (non-hydrogen) atoms. The Hall–Kier alpha value is -5.14. The van der Waals surface area contributed by atoms with Crippen molar-refractivity contribution in [3.63, 3.8) is 0 Å². The third-order valence-electron chi connectivity index (χ3n) is 10.7. The number of nitriles is 2. The molecule has 0 unspecified atom stereocenters. The number of benzene rings is 4. The number of rotatable bonds is 16. The summed E-state index contributed by atoms with van der Waals surface area (Å²) >= 11 is 6.84. The van der Waals surface area contributed by atoms with Crippen LogP contribution in [0.15, 0.2) is 66.7 Å². The van der Waals surface area contributed by atoms with Gasteiger partial charge < -0.3 is 34.4 Å². The monoisotopic (exact) mass is 778 g/mol. The fraction of sp³-hybridized carbons (Fsp3) is 0.386. The first-order valence-electron chi connectivity index (χ1n) is 18.9. The lowest BCUT2D eigenvalue weighted by Crippen LogP contribution is -2.52. The molecule has 4 aromatic rings. The number of hydrogen-bond donors (Lipinski definition) is 4. The highest BCUT2D eigenvalue weighted by Gasteiger charge is 2.33. The Morgan fingerprint density at radius 3 is 2.38 bits per heavy atom. The van der Waals surface area contributed by atoms with Crippen molar-refractivity contribution in [1.82, 2.24) is 10.2 Å². The Balaban J connectivity index is 1.21. The number of nitrogens with one attached hydrogen (secondary N) is 1. The van der Waals surface area contributed by atoms with Crippen molar-refractivity contribution in [3.8, 4) is 40.5 Å². The number of aliphatic carboxylic acids is 1. The summed E-state index contributed by atoms with van der Waals surface area (Å²) in [5, 5.41) is 51.5. The van der Waals surface area contributed by atoms with Crippen LogP contribution >= 0.6 is 11.6 Å². The summed E-state index contributed by atoms with van der Waals surface area (Å²) in [7, 11) is 0. The van der Waals surface area contributed by atoms with Gasteiger partial charge in [0, 0.05) is 37.8 Å². The summed E-state index contributed by atoms with van der Waals surface area (Å²) in [4.78, 5) is 14.3. The number of carboxylic acid groups (broad SMARTS) is 1. The molecular formula is C44H47ClN4O7. The van der Waals surface area contributed by atoms with Crippen molar-refractivity contribution in [2.45, 2.75) is 76.9 Å². The number of ether oxygens (including phenoxy) is 3. The van der Waals surface area contributed by atoms with Crippen LogP contribution in [0.4, 0.5) is 0 Å². The lowest BCUT2D eigenvalue weighted by molar-refractivity contribution is -0.145. The molecule has 6 rings (SSSR count). The van der Waals surface area contributed by atoms with Crippen molar-refractivity contribution in [1.29, 1.82) is 10.5 Å². The molecule has 1 aliphatic carbocycles. The maximum Gasteiger partial charge on any atom is 0.326 e. The first-order valence-corrected chi connectivity index (χ1v) is 19.3. The molecule has 1 saturated heterocycles. The summed E-state index contributed by atoms with van der Waals surface area (Å²) in [6.45, 7) is 6.25. The van der Waals surface area contributed by atoms with Crippen molar-refractivity contribution >= 4 is 17.6 Å². The molecule has 12 heteroatoms. The third kappa shape index (κ3) is 9.44. The fourth-order valence-electron chi connectivity index (χ4n) is 7.31. The van der Waals surface area contributed by atoms with Gasteiger partial charge in [-0.15, -0.1) is 0 Å². The molecule has 4 aromatic carbocycles. The minimum atomic E-state index is -1.62. The second kappa shape index (κ2) is 18.2. The van der Waals surface area contributed by atoms with E-state index in [0.717, 1.165) is 79.7 Å². The van der Waals surface area contributed by atoms with Gasteiger partial charge in [0.15, 0.2) is 0 Å². The van der Waals surface area contributed by atoms with Crippen molar-refractivity contribution in [2.75, 3.05) is 32.8 Å². The fourth-order valence-corrected chi connectivity index (χ4v) is 7.54. The predicted octanol–water partition coefficient (Wildman–Crippen LogP) is 6.85. The molecule has 0 saturated carbocycles. The van der Waals surface area contributed by atoms with E-state index in [1.54, 1.807) is 24.3 Å². The second-order valence-electron chi connectivity index (χ2n) is 14.7. The number of aliphatic hydroxyl groups is 2. The average molecular weight is 779 g/mol. The first kappa shape index (κ1) is 40.5. The largest absolute Gasteiger partial charge is 0.493 e. The van der Waals surface area contributed by atoms with Crippen molar-refractivity contribution < 1.29 is 34.3 Å². The molecule has 0 aromatic heterocycles. The smallest absolute Gasteiger partial charge is 0.326 e. The zero-order valence-electron chi connectivity index (χ0n) is 31.7. The number of nitrogens with zero attached hydrogens (tertiary/aromatic N) is 3. The van der Waals surface area contributed by atoms with Crippen LogP contribution in [0.1, 0.15) is 77.7 Å². The molecule has 0 bridgehead atoms. The molecule has 292 valence electrons.